The number of fused-ring (bicyclic) bond motifs is 1. The number of benzene rings is 1. The molecular weight excluding hydrogens is 445 g/mol. The van der Waals surface area contributed by atoms with Crippen molar-refractivity contribution in [2.24, 2.45) is 0 Å². The number of halogens is 1. The fourth-order valence-electron chi connectivity index (χ4n) is 5.02. The van der Waals surface area contributed by atoms with Crippen molar-refractivity contribution in [3.05, 3.63) is 65.2 Å². The Labute approximate surface area is 202 Å². The highest BCUT2D eigenvalue weighted by Gasteiger charge is 2.44. The Balaban J connectivity index is 1.30. The molecule has 35 heavy (non-hydrogen) atoms. The fourth-order valence-corrected chi connectivity index (χ4v) is 5.02. The molecule has 6 rings (SSSR count). The van der Waals surface area contributed by atoms with Crippen molar-refractivity contribution < 1.29 is 9.18 Å². The molecule has 4 aromatic rings. The fraction of sp³-hybridized carbons (Fsp3) is 0.385. The number of H-pyrrole nitrogens is 1. The number of anilines is 3. The van der Waals surface area contributed by atoms with Crippen LogP contribution in [0.4, 0.5) is 22.0 Å². The molecule has 0 spiro atoms. The van der Waals surface area contributed by atoms with Crippen LogP contribution in [0.1, 0.15) is 55.3 Å². The molecule has 2 N–H and O–H groups in total. The van der Waals surface area contributed by atoms with Crippen LogP contribution in [0.5, 0.6) is 0 Å². The summed E-state index contributed by atoms with van der Waals surface area (Å²) in [6, 6.07) is 10.8. The third-order valence-electron chi connectivity index (χ3n) is 7.31. The molecule has 8 nitrogen and oxygen atoms in total. The maximum absolute atomic E-state index is 13.7. The second kappa shape index (κ2) is 8.18. The van der Waals surface area contributed by atoms with E-state index in [0.717, 1.165) is 23.2 Å². The molecule has 1 atom stereocenters. The van der Waals surface area contributed by atoms with Crippen LogP contribution < -0.4 is 10.2 Å². The standard InChI is InChI=1S/C26H28FN7O/c1-16-13-17(6-9-19(16)27)14-22(35)26(2)10-4-11-33(26)25-29-24(21-5-3-12-34(21)32-25)28-23-15-20(30-31-23)18-7-8-18/h3,5-6,9,12-13,15,18H,4,7-8,10-11,14H2,1-2H3,(H2,28,29,30,31,32)/t26-/m0/s1. The van der Waals surface area contributed by atoms with Gasteiger partial charge in [-0.2, -0.15) is 10.1 Å². The molecule has 0 bridgehead atoms. The lowest BCUT2D eigenvalue weighted by Crippen LogP contribution is -2.49. The summed E-state index contributed by atoms with van der Waals surface area (Å²) in [5.41, 5.74) is 2.59. The zero-order valence-electron chi connectivity index (χ0n) is 19.9. The summed E-state index contributed by atoms with van der Waals surface area (Å²) in [6.45, 7) is 4.37. The summed E-state index contributed by atoms with van der Waals surface area (Å²) in [4.78, 5) is 20.4. The van der Waals surface area contributed by atoms with Crippen molar-refractivity contribution >= 4 is 28.9 Å². The summed E-state index contributed by atoms with van der Waals surface area (Å²) in [5, 5.41) is 15.6. The molecule has 4 heterocycles. The van der Waals surface area contributed by atoms with Gasteiger partial charge in [-0.15, -0.1) is 5.10 Å². The minimum Gasteiger partial charge on any atom is -0.327 e. The van der Waals surface area contributed by atoms with Crippen LogP contribution in [0.3, 0.4) is 0 Å². The van der Waals surface area contributed by atoms with Gasteiger partial charge in [-0.3, -0.25) is 9.89 Å². The molecule has 2 fully saturated rings. The quantitative estimate of drug-likeness (QED) is 0.405. The van der Waals surface area contributed by atoms with Gasteiger partial charge in [0, 0.05) is 36.8 Å². The van der Waals surface area contributed by atoms with Gasteiger partial charge in [0.05, 0.1) is 5.54 Å². The van der Waals surface area contributed by atoms with E-state index in [9.17, 15) is 9.18 Å². The van der Waals surface area contributed by atoms with Crippen LogP contribution in [-0.2, 0) is 11.2 Å². The van der Waals surface area contributed by atoms with E-state index in [4.69, 9.17) is 10.1 Å². The highest BCUT2D eigenvalue weighted by Crippen LogP contribution is 2.40. The zero-order valence-corrected chi connectivity index (χ0v) is 19.9. The van der Waals surface area contributed by atoms with Crippen LogP contribution in [-0.4, -0.2) is 42.7 Å². The second-order valence-corrected chi connectivity index (χ2v) is 9.92. The maximum Gasteiger partial charge on any atom is 0.246 e. The summed E-state index contributed by atoms with van der Waals surface area (Å²) in [7, 11) is 0. The Morgan fingerprint density at radius 3 is 2.94 bits per heavy atom. The Morgan fingerprint density at radius 2 is 2.14 bits per heavy atom. The average Bonchev–Trinajstić information content (AvgIpc) is 3.20. The smallest absolute Gasteiger partial charge is 0.246 e. The first-order chi connectivity index (χ1) is 16.9. The summed E-state index contributed by atoms with van der Waals surface area (Å²) in [5.74, 6) is 2.25. The molecule has 9 heteroatoms. The minimum absolute atomic E-state index is 0.0769. The average molecular weight is 474 g/mol. The van der Waals surface area contributed by atoms with Crippen molar-refractivity contribution in [1.29, 1.82) is 0 Å². The van der Waals surface area contributed by atoms with E-state index < -0.39 is 5.54 Å². The zero-order chi connectivity index (χ0) is 24.2. The SMILES string of the molecule is Cc1cc(CC(=O)[C@]2(C)CCCN2c2nc(Nc3cc(C4CC4)[nH]n3)c3cccn3n2)ccc1F. The molecule has 1 saturated carbocycles. The Bertz CT molecular complexity index is 1420. The van der Waals surface area contributed by atoms with Gasteiger partial charge >= 0.3 is 0 Å². The highest BCUT2D eigenvalue weighted by molar-refractivity contribution is 5.93. The van der Waals surface area contributed by atoms with Gasteiger partial charge in [-0.05, 0) is 68.9 Å². The van der Waals surface area contributed by atoms with E-state index in [0.29, 0.717) is 42.0 Å². The molecule has 0 unspecified atom stereocenters. The van der Waals surface area contributed by atoms with Crippen LogP contribution in [0.15, 0.2) is 42.6 Å². The number of carbonyl (C=O) groups is 1. The maximum atomic E-state index is 13.7. The third-order valence-corrected chi connectivity index (χ3v) is 7.31. The number of nitrogens with one attached hydrogen (secondary N) is 2. The summed E-state index contributed by atoms with van der Waals surface area (Å²) >= 11 is 0. The molecule has 3 aromatic heterocycles. The number of aromatic amines is 1. The summed E-state index contributed by atoms with van der Waals surface area (Å²) in [6.07, 6.45) is 6.09. The molecule has 0 amide bonds. The first-order valence-electron chi connectivity index (χ1n) is 12.1. The molecule has 1 saturated heterocycles. The minimum atomic E-state index is -0.744. The lowest BCUT2D eigenvalue weighted by Gasteiger charge is -2.34. The van der Waals surface area contributed by atoms with Crippen LogP contribution in [0.25, 0.3) is 5.52 Å². The van der Waals surface area contributed by atoms with Crippen molar-refractivity contribution in [2.45, 2.75) is 57.4 Å². The third kappa shape index (κ3) is 3.94. The van der Waals surface area contributed by atoms with E-state index in [-0.39, 0.29) is 18.0 Å². The normalized spacial score (nSPS) is 20.0. The number of hydrogen-bond acceptors (Lipinski definition) is 6. The van der Waals surface area contributed by atoms with Gasteiger partial charge in [0.1, 0.15) is 11.3 Å². The van der Waals surface area contributed by atoms with Crippen LogP contribution in [0.2, 0.25) is 0 Å². The predicted octanol–water partition coefficient (Wildman–Crippen LogP) is 4.69. The number of aromatic nitrogens is 5. The molecule has 1 aliphatic heterocycles. The molecule has 0 radical (unpaired) electrons. The molecule has 2 aliphatic rings. The van der Waals surface area contributed by atoms with E-state index >= 15 is 0 Å². The van der Waals surface area contributed by atoms with E-state index in [1.54, 1.807) is 23.6 Å². The molecule has 1 aromatic carbocycles. The monoisotopic (exact) mass is 473 g/mol. The molecule has 180 valence electrons. The number of ketones is 1. The van der Waals surface area contributed by atoms with Gasteiger partial charge in [0.25, 0.3) is 0 Å². The highest BCUT2D eigenvalue weighted by atomic mass is 19.1. The van der Waals surface area contributed by atoms with Crippen molar-refractivity contribution in [3.8, 4) is 0 Å². The first kappa shape index (κ1) is 21.8. The summed E-state index contributed by atoms with van der Waals surface area (Å²) < 4.78 is 15.5. The van der Waals surface area contributed by atoms with Crippen molar-refractivity contribution in [1.82, 2.24) is 24.8 Å². The van der Waals surface area contributed by atoms with E-state index in [1.807, 2.05) is 36.2 Å². The van der Waals surface area contributed by atoms with Gasteiger partial charge in [-0.25, -0.2) is 8.91 Å². The first-order valence-corrected chi connectivity index (χ1v) is 12.1. The van der Waals surface area contributed by atoms with Gasteiger partial charge in [-0.1, -0.05) is 12.1 Å². The van der Waals surface area contributed by atoms with E-state index in [1.165, 1.54) is 18.9 Å². The van der Waals surface area contributed by atoms with Gasteiger partial charge in [0.15, 0.2) is 17.4 Å². The number of Topliss-reactive ketones (excluding diaryl/α,β-unsaturated/α-hetero) is 1. The van der Waals surface area contributed by atoms with E-state index in [2.05, 4.69) is 15.5 Å². The van der Waals surface area contributed by atoms with Gasteiger partial charge < -0.3 is 10.2 Å². The van der Waals surface area contributed by atoms with Crippen molar-refractivity contribution in [3.63, 3.8) is 0 Å². The van der Waals surface area contributed by atoms with Crippen LogP contribution >= 0.6 is 0 Å². The predicted molar refractivity (Wildman–Crippen MR) is 132 cm³/mol. The Kier molecular flexibility index (Phi) is 5.09. The number of nitrogens with zero attached hydrogens (tertiary/aromatic N) is 5. The Hall–Kier alpha value is -3.75. The van der Waals surface area contributed by atoms with Gasteiger partial charge in [0.2, 0.25) is 5.95 Å². The largest absolute Gasteiger partial charge is 0.327 e. The van der Waals surface area contributed by atoms with Crippen molar-refractivity contribution in [2.75, 3.05) is 16.8 Å². The number of carbonyl (C=O) groups excluding carboxylic acids is 1. The topological polar surface area (TPSA) is 91.2 Å². The Morgan fingerprint density at radius 1 is 1.29 bits per heavy atom. The second-order valence-electron chi connectivity index (χ2n) is 9.92. The lowest BCUT2D eigenvalue weighted by atomic mass is 9.89. The number of aryl methyl sites for hydroxylation is 1. The molecule has 1 aliphatic carbocycles. The number of hydrogen-bond donors (Lipinski definition) is 2. The molecular formula is C26H28FN7O. The van der Waals surface area contributed by atoms with Crippen LogP contribution in [0, 0.1) is 12.7 Å². The lowest BCUT2D eigenvalue weighted by molar-refractivity contribution is -0.122. The number of rotatable bonds is 7.